The Bertz CT molecular complexity index is 822. The predicted octanol–water partition coefficient (Wildman–Crippen LogP) is 4.21. The van der Waals surface area contributed by atoms with Gasteiger partial charge in [0.1, 0.15) is 11.6 Å². The van der Waals surface area contributed by atoms with Crippen LogP contribution in [-0.2, 0) is 9.59 Å². The quantitative estimate of drug-likeness (QED) is 0.721. The summed E-state index contributed by atoms with van der Waals surface area (Å²) in [5.74, 6) is -0.839. The molecule has 0 aliphatic carbocycles. The van der Waals surface area contributed by atoms with Crippen molar-refractivity contribution < 1.29 is 18.4 Å². The molecule has 0 amide bonds. The topological polar surface area (TPSA) is 34.1 Å². The standard InChI is InChI=1S/C20H10F2O2/c21-17-7-3-13(4-8-17)19-15(11-23)1-2-16(12-24)20(19)14-5-9-18(22)10-6-14/h1-10H. The summed E-state index contributed by atoms with van der Waals surface area (Å²) < 4.78 is 26.4. The Balaban J connectivity index is 2.36. The first kappa shape index (κ1) is 15.7. The number of rotatable bonds is 4. The van der Waals surface area contributed by atoms with E-state index in [1.165, 1.54) is 60.7 Å². The Morgan fingerprint density at radius 3 is 1.17 bits per heavy atom. The van der Waals surface area contributed by atoms with E-state index in [9.17, 15) is 18.4 Å². The third kappa shape index (κ3) is 2.86. The van der Waals surface area contributed by atoms with Crippen molar-refractivity contribution in [2.75, 3.05) is 0 Å². The Kier molecular flexibility index (Phi) is 4.29. The third-order valence-corrected chi connectivity index (χ3v) is 3.69. The molecule has 0 atom stereocenters. The van der Waals surface area contributed by atoms with Crippen molar-refractivity contribution in [1.82, 2.24) is 0 Å². The number of halogens is 2. The van der Waals surface area contributed by atoms with E-state index in [2.05, 4.69) is 0 Å². The van der Waals surface area contributed by atoms with Gasteiger partial charge in [0.25, 0.3) is 0 Å². The second-order valence-corrected chi connectivity index (χ2v) is 5.13. The van der Waals surface area contributed by atoms with Crippen LogP contribution in [-0.4, -0.2) is 12.6 Å². The number of hydrogen-bond donors (Lipinski definition) is 0. The molecule has 2 radical (unpaired) electrons. The lowest BCUT2D eigenvalue weighted by atomic mass is 9.87. The second-order valence-electron chi connectivity index (χ2n) is 5.13. The lowest BCUT2D eigenvalue weighted by Gasteiger charge is -2.15. The van der Waals surface area contributed by atoms with Crippen molar-refractivity contribution in [2.45, 2.75) is 0 Å². The fraction of sp³-hybridized carbons (Fsp3) is 0. The van der Waals surface area contributed by atoms with Crippen LogP contribution in [0.15, 0.2) is 60.7 Å². The minimum Gasteiger partial charge on any atom is -0.285 e. The van der Waals surface area contributed by atoms with Gasteiger partial charge >= 0.3 is 0 Å². The normalized spacial score (nSPS) is 10.4. The highest BCUT2D eigenvalue weighted by atomic mass is 19.1. The maximum Gasteiger partial charge on any atom is 0.234 e. The maximum absolute atomic E-state index is 13.2. The molecule has 0 bridgehead atoms. The number of carbonyl (C=O) groups excluding carboxylic acids is 2. The van der Waals surface area contributed by atoms with Crippen LogP contribution in [0.25, 0.3) is 22.3 Å². The van der Waals surface area contributed by atoms with Gasteiger partial charge in [-0.2, -0.15) is 0 Å². The van der Waals surface area contributed by atoms with E-state index in [0.717, 1.165) is 0 Å². The summed E-state index contributed by atoms with van der Waals surface area (Å²) in [5, 5.41) is 0. The second kappa shape index (κ2) is 6.54. The monoisotopic (exact) mass is 320 g/mol. The van der Waals surface area contributed by atoms with Gasteiger partial charge in [-0.3, -0.25) is 9.59 Å². The molecule has 0 unspecified atom stereocenters. The van der Waals surface area contributed by atoms with Crippen molar-refractivity contribution >= 4 is 12.6 Å². The molecule has 2 nitrogen and oxygen atoms in total. The molecular formula is C20H10F2O2. The van der Waals surface area contributed by atoms with Crippen LogP contribution in [0.5, 0.6) is 0 Å². The molecule has 0 N–H and O–H groups in total. The van der Waals surface area contributed by atoms with Crippen LogP contribution in [0.4, 0.5) is 8.78 Å². The molecule has 0 aliphatic heterocycles. The molecule has 3 aromatic rings. The van der Waals surface area contributed by atoms with Crippen LogP contribution < -0.4 is 0 Å². The minimum absolute atomic E-state index is 0.222. The van der Waals surface area contributed by atoms with Crippen molar-refractivity contribution in [2.24, 2.45) is 0 Å². The van der Waals surface area contributed by atoms with Gasteiger partial charge in [-0.1, -0.05) is 24.3 Å². The van der Waals surface area contributed by atoms with Gasteiger partial charge in [0.05, 0.1) is 0 Å². The molecule has 0 saturated heterocycles. The highest BCUT2D eigenvalue weighted by molar-refractivity contribution is 6.02. The first-order valence-electron chi connectivity index (χ1n) is 7.09. The van der Waals surface area contributed by atoms with Gasteiger partial charge in [-0.25, -0.2) is 8.78 Å². The van der Waals surface area contributed by atoms with E-state index < -0.39 is 11.6 Å². The Morgan fingerprint density at radius 1 is 0.542 bits per heavy atom. The highest BCUT2D eigenvalue weighted by Crippen LogP contribution is 2.36. The fourth-order valence-electron chi connectivity index (χ4n) is 2.61. The summed E-state index contributed by atoms with van der Waals surface area (Å²) in [7, 11) is 0. The summed E-state index contributed by atoms with van der Waals surface area (Å²) in [4.78, 5) is 22.7. The van der Waals surface area contributed by atoms with Gasteiger partial charge in [0.15, 0.2) is 0 Å². The van der Waals surface area contributed by atoms with E-state index in [0.29, 0.717) is 22.3 Å². The van der Waals surface area contributed by atoms with E-state index in [1.807, 2.05) is 12.6 Å². The van der Waals surface area contributed by atoms with Crippen LogP contribution in [0.2, 0.25) is 0 Å². The minimum atomic E-state index is -0.420. The SMILES string of the molecule is O=[C]c1ccc([C]=O)c(-c2ccc(F)cc2)c1-c1ccc(F)cc1. The van der Waals surface area contributed by atoms with Gasteiger partial charge in [-0.05, 0) is 47.5 Å². The van der Waals surface area contributed by atoms with Crippen LogP contribution in [0, 0.1) is 11.6 Å². The third-order valence-electron chi connectivity index (χ3n) is 3.69. The van der Waals surface area contributed by atoms with Gasteiger partial charge in [-0.15, -0.1) is 0 Å². The molecule has 0 aromatic heterocycles. The van der Waals surface area contributed by atoms with Gasteiger partial charge in [0, 0.05) is 22.3 Å². The van der Waals surface area contributed by atoms with Crippen LogP contribution >= 0.6 is 0 Å². The molecule has 4 heteroatoms. The summed E-state index contributed by atoms with van der Waals surface area (Å²) >= 11 is 0. The van der Waals surface area contributed by atoms with Crippen molar-refractivity contribution in [3.8, 4) is 22.3 Å². The molecule has 24 heavy (non-hydrogen) atoms. The van der Waals surface area contributed by atoms with Crippen molar-refractivity contribution in [1.29, 1.82) is 0 Å². The summed E-state index contributed by atoms with van der Waals surface area (Å²) in [6, 6.07) is 14.0. The van der Waals surface area contributed by atoms with E-state index in [4.69, 9.17) is 0 Å². The summed E-state index contributed by atoms with van der Waals surface area (Å²) in [6.07, 6.45) is 3.67. The van der Waals surface area contributed by atoms with Crippen LogP contribution in [0.1, 0.15) is 11.1 Å². The van der Waals surface area contributed by atoms with E-state index in [1.54, 1.807) is 0 Å². The Morgan fingerprint density at radius 2 is 0.875 bits per heavy atom. The summed E-state index contributed by atoms with van der Waals surface area (Å²) in [5.41, 5.74) is 2.40. The molecule has 3 rings (SSSR count). The molecule has 0 aliphatic rings. The fourth-order valence-corrected chi connectivity index (χ4v) is 2.61. The smallest absolute Gasteiger partial charge is 0.234 e. The zero-order valence-electron chi connectivity index (χ0n) is 12.3. The molecule has 0 saturated carbocycles. The molecule has 3 aromatic carbocycles. The first-order valence-corrected chi connectivity index (χ1v) is 7.09. The van der Waals surface area contributed by atoms with Gasteiger partial charge < -0.3 is 0 Å². The lowest BCUT2D eigenvalue weighted by molar-refractivity contribution is 0.561. The van der Waals surface area contributed by atoms with Crippen LogP contribution in [0.3, 0.4) is 0 Å². The van der Waals surface area contributed by atoms with Gasteiger partial charge in [0.2, 0.25) is 12.6 Å². The van der Waals surface area contributed by atoms with E-state index in [-0.39, 0.29) is 11.1 Å². The molecule has 116 valence electrons. The van der Waals surface area contributed by atoms with Crippen molar-refractivity contribution in [3.63, 3.8) is 0 Å². The molecule has 0 spiro atoms. The average molecular weight is 320 g/mol. The Hall–Kier alpha value is -3.14. The van der Waals surface area contributed by atoms with Crippen molar-refractivity contribution in [3.05, 3.63) is 83.4 Å². The molecule has 0 fully saturated rings. The lowest BCUT2D eigenvalue weighted by Crippen LogP contribution is -1.98. The number of benzene rings is 3. The summed E-state index contributed by atoms with van der Waals surface area (Å²) in [6.45, 7) is 0. The average Bonchev–Trinajstić information content (AvgIpc) is 2.62. The Labute approximate surface area is 137 Å². The molecular weight excluding hydrogens is 310 g/mol. The zero-order valence-corrected chi connectivity index (χ0v) is 12.3. The largest absolute Gasteiger partial charge is 0.285 e. The zero-order chi connectivity index (χ0) is 17.1. The maximum atomic E-state index is 13.2. The highest BCUT2D eigenvalue weighted by Gasteiger charge is 2.17. The number of hydrogen-bond acceptors (Lipinski definition) is 2. The van der Waals surface area contributed by atoms with E-state index >= 15 is 0 Å². The first-order chi connectivity index (χ1) is 11.6. The predicted molar refractivity (Wildman–Crippen MR) is 86.8 cm³/mol. The molecule has 0 heterocycles.